The number of aryl methyl sites for hydroxylation is 2. The van der Waals surface area contributed by atoms with Crippen LogP contribution in [-0.4, -0.2) is 36.2 Å². The summed E-state index contributed by atoms with van der Waals surface area (Å²) in [6, 6.07) is 3.29. The van der Waals surface area contributed by atoms with Gasteiger partial charge >= 0.3 is 0 Å². The summed E-state index contributed by atoms with van der Waals surface area (Å²) in [7, 11) is 1.59. The van der Waals surface area contributed by atoms with Crippen LogP contribution in [0, 0.1) is 6.92 Å². The molecule has 7 heteroatoms. The van der Waals surface area contributed by atoms with Crippen LogP contribution in [0.1, 0.15) is 22.0 Å². The van der Waals surface area contributed by atoms with Crippen LogP contribution in [0.5, 0.6) is 0 Å². The van der Waals surface area contributed by atoms with Gasteiger partial charge in [0.25, 0.3) is 5.78 Å². The summed E-state index contributed by atoms with van der Waals surface area (Å²) in [4.78, 5) is 12.9. The van der Waals surface area contributed by atoms with E-state index in [2.05, 4.69) is 25.6 Å². The normalized spacial score (nSPS) is 10.3. The van der Waals surface area contributed by atoms with Crippen molar-refractivity contribution < 1.29 is 4.79 Å². The molecule has 15 heavy (non-hydrogen) atoms. The van der Waals surface area contributed by atoms with E-state index in [1.807, 2.05) is 0 Å². The van der Waals surface area contributed by atoms with Gasteiger partial charge in [-0.1, -0.05) is 0 Å². The standard InChI is InChI=1S/C8H8N6O/c1-5-3-4-6(10-9-5)7(15)8-11-13-14(2)12-8/h3-4H,1-2H3. The van der Waals surface area contributed by atoms with Crippen LogP contribution < -0.4 is 0 Å². The molecule has 0 aromatic carbocycles. The van der Waals surface area contributed by atoms with Crippen LogP contribution in [0.3, 0.4) is 0 Å². The minimum absolute atomic E-state index is 0.0238. The van der Waals surface area contributed by atoms with Gasteiger partial charge in [-0.3, -0.25) is 4.79 Å². The second kappa shape index (κ2) is 3.52. The topological polar surface area (TPSA) is 86.5 Å². The Morgan fingerprint density at radius 3 is 2.60 bits per heavy atom. The summed E-state index contributed by atoms with van der Waals surface area (Å²) < 4.78 is 0. The third-order valence-electron chi connectivity index (χ3n) is 1.74. The second-order valence-corrected chi connectivity index (χ2v) is 2.99. The Bertz CT molecular complexity index is 488. The Balaban J connectivity index is 2.32. The molecule has 0 radical (unpaired) electrons. The predicted molar refractivity (Wildman–Crippen MR) is 49.0 cm³/mol. The van der Waals surface area contributed by atoms with Gasteiger partial charge in [-0.15, -0.1) is 15.3 Å². The molecule has 2 aromatic heterocycles. The van der Waals surface area contributed by atoms with Gasteiger partial charge in [0.05, 0.1) is 12.7 Å². The molecule has 7 nitrogen and oxygen atoms in total. The lowest BCUT2D eigenvalue weighted by Gasteiger charge is -1.94. The highest BCUT2D eigenvalue weighted by Crippen LogP contribution is 2.00. The number of tetrazole rings is 1. The minimum atomic E-state index is -0.379. The van der Waals surface area contributed by atoms with Crippen molar-refractivity contribution in [1.29, 1.82) is 0 Å². The molecule has 0 amide bonds. The maximum absolute atomic E-state index is 11.7. The Morgan fingerprint density at radius 1 is 1.27 bits per heavy atom. The molecule has 0 atom stereocenters. The lowest BCUT2D eigenvalue weighted by molar-refractivity contribution is 0.102. The lowest BCUT2D eigenvalue weighted by Crippen LogP contribution is -2.08. The van der Waals surface area contributed by atoms with E-state index in [9.17, 15) is 4.79 Å². The molecule has 0 saturated carbocycles. The van der Waals surface area contributed by atoms with Crippen molar-refractivity contribution >= 4 is 5.78 Å². The molecule has 0 aliphatic rings. The van der Waals surface area contributed by atoms with Crippen LogP contribution in [0.2, 0.25) is 0 Å². The summed E-state index contributed by atoms with van der Waals surface area (Å²) in [5.41, 5.74) is 0.965. The number of carbonyl (C=O) groups is 1. The third-order valence-corrected chi connectivity index (χ3v) is 1.74. The summed E-state index contributed by atoms with van der Waals surface area (Å²) in [6.45, 7) is 1.79. The molecule has 0 saturated heterocycles. The van der Waals surface area contributed by atoms with Crippen molar-refractivity contribution in [2.45, 2.75) is 6.92 Å². The van der Waals surface area contributed by atoms with Gasteiger partial charge in [0.2, 0.25) is 5.82 Å². The lowest BCUT2D eigenvalue weighted by atomic mass is 10.2. The summed E-state index contributed by atoms with van der Waals surface area (Å²) in [5, 5.41) is 18.5. The molecule has 0 bridgehead atoms. The van der Waals surface area contributed by atoms with E-state index < -0.39 is 0 Å². The summed E-state index contributed by atoms with van der Waals surface area (Å²) >= 11 is 0. The van der Waals surface area contributed by atoms with E-state index in [4.69, 9.17) is 0 Å². The van der Waals surface area contributed by atoms with Crippen LogP contribution in [0.15, 0.2) is 12.1 Å². The Labute approximate surface area is 85.1 Å². The van der Waals surface area contributed by atoms with Gasteiger partial charge in [0.15, 0.2) is 0 Å². The number of rotatable bonds is 2. The minimum Gasteiger partial charge on any atom is -0.283 e. The van der Waals surface area contributed by atoms with Crippen molar-refractivity contribution in [3.63, 3.8) is 0 Å². The smallest absolute Gasteiger partial charge is 0.254 e. The van der Waals surface area contributed by atoms with Crippen molar-refractivity contribution in [3.05, 3.63) is 29.3 Å². The monoisotopic (exact) mass is 204 g/mol. The first-order chi connectivity index (χ1) is 7.16. The number of carbonyl (C=O) groups excluding carboxylic acids is 1. The van der Waals surface area contributed by atoms with Gasteiger partial charge in [0.1, 0.15) is 5.69 Å². The molecule has 0 spiro atoms. The van der Waals surface area contributed by atoms with E-state index in [1.165, 1.54) is 4.80 Å². The van der Waals surface area contributed by atoms with Gasteiger partial charge in [-0.2, -0.15) is 9.90 Å². The average Bonchev–Trinajstić information content (AvgIpc) is 2.65. The highest BCUT2D eigenvalue weighted by atomic mass is 16.1. The molecule has 76 valence electrons. The molecule has 2 rings (SSSR count). The zero-order valence-electron chi connectivity index (χ0n) is 8.25. The molecular formula is C8H8N6O. The molecule has 0 fully saturated rings. The first-order valence-corrected chi connectivity index (χ1v) is 4.26. The average molecular weight is 204 g/mol. The molecule has 0 aliphatic heterocycles. The van der Waals surface area contributed by atoms with E-state index in [0.717, 1.165) is 5.69 Å². The molecular weight excluding hydrogens is 196 g/mol. The fraction of sp³-hybridized carbons (Fsp3) is 0.250. The van der Waals surface area contributed by atoms with E-state index >= 15 is 0 Å². The molecule has 2 heterocycles. The highest BCUT2D eigenvalue weighted by molar-refractivity contribution is 6.04. The Hall–Kier alpha value is -2.18. The molecule has 2 aromatic rings. The highest BCUT2D eigenvalue weighted by Gasteiger charge is 2.16. The van der Waals surface area contributed by atoms with Gasteiger partial charge in [-0.25, -0.2) is 0 Å². The number of hydrogen-bond donors (Lipinski definition) is 0. The van der Waals surface area contributed by atoms with E-state index in [-0.39, 0.29) is 17.3 Å². The summed E-state index contributed by atoms with van der Waals surface area (Å²) in [6.07, 6.45) is 0. The number of nitrogens with zero attached hydrogens (tertiary/aromatic N) is 6. The van der Waals surface area contributed by atoms with Crippen LogP contribution >= 0.6 is 0 Å². The molecule has 0 aliphatic carbocycles. The second-order valence-electron chi connectivity index (χ2n) is 2.99. The number of aromatic nitrogens is 6. The summed E-state index contributed by atoms with van der Waals surface area (Å²) in [5.74, 6) is -0.355. The quantitative estimate of drug-likeness (QED) is 0.615. The van der Waals surface area contributed by atoms with E-state index in [1.54, 1.807) is 26.1 Å². The van der Waals surface area contributed by atoms with Crippen molar-refractivity contribution in [3.8, 4) is 0 Å². The Kier molecular flexibility index (Phi) is 2.20. The van der Waals surface area contributed by atoms with Gasteiger partial charge in [-0.05, 0) is 24.3 Å². The van der Waals surface area contributed by atoms with Crippen molar-refractivity contribution in [2.24, 2.45) is 7.05 Å². The number of ketones is 1. The first kappa shape index (κ1) is 9.38. The third kappa shape index (κ3) is 1.85. The first-order valence-electron chi connectivity index (χ1n) is 4.26. The van der Waals surface area contributed by atoms with E-state index in [0.29, 0.717) is 0 Å². The fourth-order valence-electron chi connectivity index (χ4n) is 1.01. The SMILES string of the molecule is Cc1ccc(C(=O)c2nnn(C)n2)nn1. The maximum Gasteiger partial charge on any atom is 0.254 e. The number of hydrogen-bond acceptors (Lipinski definition) is 6. The molecule has 0 unspecified atom stereocenters. The Morgan fingerprint density at radius 2 is 2.07 bits per heavy atom. The fourth-order valence-corrected chi connectivity index (χ4v) is 1.01. The molecule has 0 N–H and O–H groups in total. The van der Waals surface area contributed by atoms with Gasteiger partial charge in [0, 0.05) is 0 Å². The van der Waals surface area contributed by atoms with Crippen LogP contribution in [-0.2, 0) is 7.05 Å². The maximum atomic E-state index is 11.7. The van der Waals surface area contributed by atoms with Crippen molar-refractivity contribution in [1.82, 2.24) is 30.4 Å². The van der Waals surface area contributed by atoms with Crippen LogP contribution in [0.25, 0.3) is 0 Å². The van der Waals surface area contributed by atoms with Gasteiger partial charge < -0.3 is 0 Å². The zero-order valence-corrected chi connectivity index (χ0v) is 8.25. The largest absolute Gasteiger partial charge is 0.283 e. The predicted octanol–water partition coefficient (Wildman–Crippen LogP) is -0.460. The van der Waals surface area contributed by atoms with Crippen LogP contribution in [0.4, 0.5) is 0 Å². The zero-order chi connectivity index (χ0) is 10.8. The van der Waals surface area contributed by atoms with Crippen molar-refractivity contribution in [2.75, 3.05) is 0 Å².